The molecule has 0 radical (unpaired) electrons. The Kier molecular flexibility index (Phi) is 6.34. The van der Waals surface area contributed by atoms with Crippen LogP contribution in [0, 0.1) is 9.49 Å². The van der Waals surface area contributed by atoms with Crippen molar-refractivity contribution in [3.63, 3.8) is 0 Å². The third-order valence-electron chi connectivity index (χ3n) is 3.06. The zero-order chi connectivity index (χ0) is 15.4. The molecule has 0 bridgehead atoms. The standard InChI is InChI=1S/C15H17Cl2IN2O/c1-3-19-7-9(2)8-21-15-12(18)6-11(16)10-4-5-13(17)20-14(10)15/h4-6,9,19H,3,7-8H2,1-2H3. The third kappa shape index (κ3) is 4.34. The van der Waals surface area contributed by atoms with Crippen molar-refractivity contribution in [2.24, 2.45) is 5.92 Å². The molecule has 0 saturated heterocycles. The maximum Gasteiger partial charge on any atom is 0.158 e. The minimum absolute atomic E-state index is 0.408. The van der Waals surface area contributed by atoms with E-state index in [1.807, 2.05) is 12.1 Å². The molecule has 0 spiro atoms. The maximum atomic E-state index is 6.26. The summed E-state index contributed by atoms with van der Waals surface area (Å²) in [6.45, 7) is 6.74. The summed E-state index contributed by atoms with van der Waals surface area (Å²) in [5, 5.41) is 5.27. The Hall–Kier alpha value is -0.300. The number of hydrogen-bond donors (Lipinski definition) is 1. The van der Waals surface area contributed by atoms with Crippen molar-refractivity contribution in [3.05, 3.63) is 31.9 Å². The number of halogens is 3. The van der Waals surface area contributed by atoms with Crippen molar-refractivity contribution in [2.75, 3.05) is 19.7 Å². The molecule has 0 aliphatic rings. The fourth-order valence-electron chi connectivity index (χ4n) is 1.98. The third-order valence-corrected chi connectivity index (χ3v) is 4.38. The Labute approximate surface area is 148 Å². The number of nitrogens with one attached hydrogen (secondary N) is 1. The van der Waals surface area contributed by atoms with Crippen molar-refractivity contribution < 1.29 is 4.74 Å². The minimum atomic E-state index is 0.408. The van der Waals surface area contributed by atoms with Crippen molar-refractivity contribution in [1.82, 2.24) is 10.3 Å². The van der Waals surface area contributed by atoms with Crippen LogP contribution in [0.3, 0.4) is 0 Å². The number of benzene rings is 1. The van der Waals surface area contributed by atoms with Crippen LogP contribution in [-0.4, -0.2) is 24.7 Å². The van der Waals surface area contributed by atoms with E-state index >= 15 is 0 Å². The molecule has 0 fully saturated rings. The molecule has 21 heavy (non-hydrogen) atoms. The highest BCUT2D eigenvalue weighted by Crippen LogP contribution is 2.35. The molecule has 114 valence electrons. The lowest BCUT2D eigenvalue weighted by molar-refractivity contribution is 0.257. The molecular formula is C15H17Cl2IN2O. The number of fused-ring (bicyclic) bond motifs is 1. The SMILES string of the molecule is CCNCC(C)COc1c(I)cc(Cl)c2ccc(Cl)nc12. The van der Waals surface area contributed by atoms with E-state index in [2.05, 4.69) is 46.7 Å². The molecule has 1 atom stereocenters. The van der Waals surface area contributed by atoms with Crippen LogP contribution in [-0.2, 0) is 0 Å². The molecule has 2 rings (SSSR count). The van der Waals surface area contributed by atoms with E-state index in [9.17, 15) is 0 Å². The quantitative estimate of drug-likeness (QED) is 0.521. The van der Waals surface area contributed by atoms with E-state index in [0.717, 1.165) is 33.3 Å². The average molecular weight is 439 g/mol. The lowest BCUT2D eigenvalue weighted by Gasteiger charge is -2.16. The summed E-state index contributed by atoms with van der Waals surface area (Å²) in [6.07, 6.45) is 0. The Morgan fingerprint density at radius 2 is 2.14 bits per heavy atom. The zero-order valence-electron chi connectivity index (χ0n) is 11.9. The van der Waals surface area contributed by atoms with Gasteiger partial charge in [-0.1, -0.05) is 37.0 Å². The first-order valence-electron chi connectivity index (χ1n) is 6.80. The van der Waals surface area contributed by atoms with Gasteiger partial charge in [-0.25, -0.2) is 4.98 Å². The van der Waals surface area contributed by atoms with Crippen LogP contribution in [0.25, 0.3) is 10.9 Å². The van der Waals surface area contributed by atoms with Gasteiger partial charge in [-0.05, 0) is 47.3 Å². The largest absolute Gasteiger partial charge is 0.490 e. The summed E-state index contributed by atoms with van der Waals surface area (Å²) < 4.78 is 6.93. The first-order valence-corrected chi connectivity index (χ1v) is 8.64. The highest BCUT2D eigenvalue weighted by atomic mass is 127. The van der Waals surface area contributed by atoms with Gasteiger partial charge in [-0.2, -0.15) is 0 Å². The second kappa shape index (κ2) is 7.81. The maximum absolute atomic E-state index is 6.26. The van der Waals surface area contributed by atoms with E-state index < -0.39 is 0 Å². The Bertz CT molecular complexity index is 637. The second-order valence-corrected chi connectivity index (χ2v) is 6.88. The van der Waals surface area contributed by atoms with Gasteiger partial charge in [-0.15, -0.1) is 0 Å². The number of aromatic nitrogens is 1. The lowest BCUT2D eigenvalue weighted by Crippen LogP contribution is -2.24. The number of nitrogens with zero attached hydrogens (tertiary/aromatic N) is 1. The van der Waals surface area contributed by atoms with Crippen molar-refractivity contribution in [3.8, 4) is 5.75 Å². The van der Waals surface area contributed by atoms with Crippen LogP contribution in [0.4, 0.5) is 0 Å². The first-order chi connectivity index (χ1) is 10.0. The fraction of sp³-hybridized carbons (Fsp3) is 0.400. The van der Waals surface area contributed by atoms with E-state index in [4.69, 9.17) is 27.9 Å². The molecule has 0 saturated carbocycles. The van der Waals surface area contributed by atoms with Gasteiger partial charge in [-0.3, -0.25) is 0 Å². The summed E-state index contributed by atoms with van der Waals surface area (Å²) in [7, 11) is 0. The number of ether oxygens (including phenoxy) is 1. The monoisotopic (exact) mass is 438 g/mol. The van der Waals surface area contributed by atoms with Crippen LogP contribution in [0.1, 0.15) is 13.8 Å². The molecule has 0 aliphatic carbocycles. The van der Waals surface area contributed by atoms with Crippen molar-refractivity contribution >= 4 is 56.7 Å². The molecule has 0 amide bonds. The molecule has 1 heterocycles. The predicted octanol–water partition coefficient (Wildman–Crippen LogP) is 4.77. The molecule has 1 aromatic heterocycles. The van der Waals surface area contributed by atoms with Gasteiger partial charge in [0.2, 0.25) is 0 Å². The molecule has 3 nitrogen and oxygen atoms in total. The lowest BCUT2D eigenvalue weighted by atomic mass is 10.2. The summed E-state index contributed by atoms with van der Waals surface area (Å²) in [5.74, 6) is 1.16. The van der Waals surface area contributed by atoms with Gasteiger partial charge in [0.15, 0.2) is 5.75 Å². The molecular weight excluding hydrogens is 422 g/mol. The molecule has 1 unspecified atom stereocenters. The Balaban J connectivity index is 2.28. The van der Waals surface area contributed by atoms with Crippen LogP contribution in [0.2, 0.25) is 10.2 Å². The van der Waals surface area contributed by atoms with E-state index in [1.165, 1.54) is 0 Å². The van der Waals surface area contributed by atoms with Gasteiger partial charge in [0.05, 0.1) is 15.2 Å². The van der Waals surface area contributed by atoms with Gasteiger partial charge >= 0.3 is 0 Å². The molecule has 0 aliphatic heterocycles. The van der Waals surface area contributed by atoms with Crippen molar-refractivity contribution in [1.29, 1.82) is 0 Å². The average Bonchev–Trinajstić information content (AvgIpc) is 2.44. The highest BCUT2D eigenvalue weighted by molar-refractivity contribution is 14.1. The van der Waals surface area contributed by atoms with Gasteiger partial charge in [0, 0.05) is 17.8 Å². The number of pyridine rings is 1. The predicted molar refractivity (Wildman–Crippen MR) is 97.7 cm³/mol. The van der Waals surface area contributed by atoms with E-state index in [1.54, 1.807) is 6.07 Å². The topological polar surface area (TPSA) is 34.1 Å². The number of hydrogen-bond acceptors (Lipinski definition) is 3. The van der Waals surface area contributed by atoms with Gasteiger partial charge < -0.3 is 10.1 Å². The van der Waals surface area contributed by atoms with E-state index in [0.29, 0.717) is 22.7 Å². The molecule has 2 aromatic rings. The summed E-state index contributed by atoms with van der Waals surface area (Å²) in [5.41, 5.74) is 0.718. The highest BCUT2D eigenvalue weighted by Gasteiger charge is 2.14. The van der Waals surface area contributed by atoms with Crippen LogP contribution >= 0.6 is 45.8 Å². The van der Waals surface area contributed by atoms with Crippen LogP contribution in [0.5, 0.6) is 5.75 Å². The Morgan fingerprint density at radius 3 is 2.86 bits per heavy atom. The summed E-state index contributed by atoms with van der Waals surface area (Å²) in [6, 6.07) is 5.50. The molecule has 6 heteroatoms. The number of rotatable bonds is 6. The van der Waals surface area contributed by atoms with E-state index in [-0.39, 0.29) is 0 Å². The molecule has 1 aromatic carbocycles. The minimum Gasteiger partial charge on any atom is -0.490 e. The summed E-state index contributed by atoms with van der Waals surface area (Å²) >= 11 is 14.5. The summed E-state index contributed by atoms with van der Waals surface area (Å²) in [4.78, 5) is 4.37. The molecule has 1 N–H and O–H groups in total. The van der Waals surface area contributed by atoms with Crippen LogP contribution in [0.15, 0.2) is 18.2 Å². The smallest absolute Gasteiger partial charge is 0.158 e. The van der Waals surface area contributed by atoms with Gasteiger partial charge in [0.25, 0.3) is 0 Å². The zero-order valence-corrected chi connectivity index (χ0v) is 15.6. The van der Waals surface area contributed by atoms with Crippen LogP contribution < -0.4 is 10.1 Å². The van der Waals surface area contributed by atoms with Crippen molar-refractivity contribution in [2.45, 2.75) is 13.8 Å². The fourth-order valence-corrected chi connectivity index (χ4v) is 3.30. The second-order valence-electron chi connectivity index (χ2n) is 4.92. The van der Waals surface area contributed by atoms with Gasteiger partial charge in [0.1, 0.15) is 10.7 Å². The normalized spacial score (nSPS) is 12.6. The first kappa shape index (κ1) is 17.1. The Morgan fingerprint density at radius 1 is 1.38 bits per heavy atom.